The maximum Gasteiger partial charge on any atom is 0.434 e. The zero-order chi connectivity index (χ0) is 13.3. The van der Waals surface area contributed by atoms with Crippen molar-refractivity contribution in [2.75, 3.05) is 0 Å². The molecule has 0 saturated heterocycles. The number of rotatable bonds is 2. The highest BCUT2D eigenvalue weighted by atomic mass is 35.5. The molecule has 0 unspecified atom stereocenters. The Morgan fingerprint density at radius 3 is 2.50 bits per heavy atom. The van der Waals surface area contributed by atoms with Gasteiger partial charge in [0.1, 0.15) is 5.82 Å². The van der Waals surface area contributed by atoms with E-state index in [-0.39, 0.29) is 11.7 Å². The van der Waals surface area contributed by atoms with Gasteiger partial charge in [0.2, 0.25) is 0 Å². The second kappa shape index (κ2) is 4.61. The number of alkyl halides is 4. The average molecular weight is 276 g/mol. The maximum absolute atomic E-state index is 12.5. The predicted octanol–water partition coefficient (Wildman–Crippen LogP) is 3.24. The third-order valence-corrected chi connectivity index (χ3v) is 2.66. The molecule has 0 bridgehead atoms. The van der Waals surface area contributed by atoms with Crippen LogP contribution in [0.2, 0.25) is 0 Å². The largest absolute Gasteiger partial charge is 0.434 e. The molecule has 0 spiro atoms. The molecule has 0 aliphatic heterocycles. The van der Waals surface area contributed by atoms with Crippen molar-refractivity contribution in [3.05, 3.63) is 35.9 Å². The van der Waals surface area contributed by atoms with Crippen LogP contribution in [0.3, 0.4) is 0 Å². The van der Waals surface area contributed by atoms with Crippen molar-refractivity contribution in [1.29, 1.82) is 0 Å². The first-order chi connectivity index (χ1) is 8.41. The summed E-state index contributed by atoms with van der Waals surface area (Å²) in [5.74, 6) is 0.477. The molecule has 0 radical (unpaired) electrons. The van der Waals surface area contributed by atoms with E-state index in [2.05, 4.69) is 9.97 Å². The van der Waals surface area contributed by atoms with E-state index in [0.717, 1.165) is 6.20 Å². The third kappa shape index (κ3) is 2.48. The quantitative estimate of drug-likeness (QED) is 0.788. The van der Waals surface area contributed by atoms with Crippen LogP contribution < -0.4 is 0 Å². The fourth-order valence-corrected chi connectivity index (χ4v) is 1.67. The average Bonchev–Trinajstić information content (AvgIpc) is 2.71. The van der Waals surface area contributed by atoms with Gasteiger partial charge in [-0.25, -0.2) is 4.98 Å². The Hall–Kier alpha value is -1.56. The minimum Gasteiger partial charge on any atom is -0.333 e. The molecule has 0 fully saturated rings. The summed E-state index contributed by atoms with van der Waals surface area (Å²) >= 11 is 5.59. The summed E-state index contributed by atoms with van der Waals surface area (Å²) in [6, 6.07) is 3.30. The van der Waals surface area contributed by atoms with Gasteiger partial charge >= 0.3 is 6.18 Å². The number of pyridine rings is 1. The van der Waals surface area contributed by atoms with Crippen LogP contribution in [0.25, 0.3) is 11.4 Å². The molecule has 0 N–H and O–H groups in total. The van der Waals surface area contributed by atoms with Gasteiger partial charge in [0.25, 0.3) is 0 Å². The van der Waals surface area contributed by atoms with Crippen LogP contribution in [0, 0.1) is 0 Å². The second-order valence-electron chi connectivity index (χ2n) is 3.73. The molecule has 0 amide bonds. The van der Waals surface area contributed by atoms with E-state index in [4.69, 9.17) is 11.6 Å². The molecule has 2 heterocycles. The van der Waals surface area contributed by atoms with Gasteiger partial charge in [-0.15, -0.1) is 11.6 Å². The van der Waals surface area contributed by atoms with Crippen molar-refractivity contribution in [1.82, 2.24) is 14.5 Å². The molecular formula is C11H9ClF3N3. The SMILES string of the molecule is Cn1cc(C(F)(F)F)nc1-c1ccc(CCl)nc1. The summed E-state index contributed by atoms with van der Waals surface area (Å²) in [4.78, 5) is 7.59. The first-order valence-corrected chi connectivity index (χ1v) is 5.57. The normalized spacial score (nSPS) is 11.8. The zero-order valence-electron chi connectivity index (χ0n) is 9.37. The first-order valence-electron chi connectivity index (χ1n) is 5.03. The summed E-state index contributed by atoms with van der Waals surface area (Å²) in [6.45, 7) is 0. The number of halogens is 4. The highest BCUT2D eigenvalue weighted by Gasteiger charge is 2.34. The topological polar surface area (TPSA) is 30.7 Å². The highest BCUT2D eigenvalue weighted by molar-refractivity contribution is 6.16. The van der Waals surface area contributed by atoms with E-state index in [0.29, 0.717) is 11.3 Å². The van der Waals surface area contributed by atoms with Gasteiger partial charge in [0, 0.05) is 25.0 Å². The fourth-order valence-electron chi connectivity index (χ4n) is 1.51. The predicted molar refractivity (Wildman–Crippen MR) is 61.0 cm³/mol. The van der Waals surface area contributed by atoms with Crippen molar-refractivity contribution in [2.45, 2.75) is 12.1 Å². The Kier molecular flexibility index (Phi) is 3.30. The number of imidazole rings is 1. The maximum atomic E-state index is 12.5. The van der Waals surface area contributed by atoms with Gasteiger partial charge in [0.15, 0.2) is 5.69 Å². The van der Waals surface area contributed by atoms with E-state index in [9.17, 15) is 13.2 Å². The Bertz CT molecular complexity index is 546. The van der Waals surface area contributed by atoms with Crippen LogP contribution in [0.4, 0.5) is 13.2 Å². The first kappa shape index (κ1) is 12.9. The monoisotopic (exact) mass is 275 g/mol. The Morgan fingerprint density at radius 1 is 1.33 bits per heavy atom. The smallest absolute Gasteiger partial charge is 0.333 e. The molecule has 96 valence electrons. The molecule has 0 aliphatic carbocycles. The van der Waals surface area contributed by atoms with Crippen LogP contribution in [0.1, 0.15) is 11.4 Å². The van der Waals surface area contributed by atoms with Crippen molar-refractivity contribution in [2.24, 2.45) is 7.05 Å². The number of nitrogens with zero attached hydrogens (tertiary/aromatic N) is 3. The lowest BCUT2D eigenvalue weighted by atomic mass is 10.2. The minimum absolute atomic E-state index is 0.218. The van der Waals surface area contributed by atoms with Gasteiger partial charge in [-0.3, -0.25) is 4.98 Å². The van der Waals surface area contributed by atoms with E-state index in [1.54, 1.807) is 12.1 Å². The Labute approximate surface area is 106 Å². The minimum atomic E-state index is -4.44. The molecular weight excluding hydrogens is 267 g/mol. The molecule has 2 aromatic rings. The second-order valence-corrected chi connectivity index (χ2v) is 4.00. The van der Waals surface area contributed by atoms with Gasteiger partial charge < -0.3 is 4.57 Å². The fraction of sp³-hybridized carbons (Fsp3) is 0.273. The summed E-state index contributed by atoms with van der Waals surface area (Å²) in [5, 5.41) is 0. The molecule has 18 heavy (non-hydrogen) atoms. The standard InChI is InChI=1S/C11H9ClF3N3/c1-18-6-9(11(13,14)15)17-10(18)7-2-3-8(4-12)16-5-7/h2-3,5-6H,4H2,1H3. The number of aromatic nitrogens is 3. The van der Waals surface area contributed by atoms with Crippen LogP contribution in [-0.2, 0) is 19.1 Å². The summed E-state index contributed by atoms with van der Waals surface area (Å²) in [6.07, 6.45) is -2.04. The lowest BCUT2D eigenvalue weighted by Crippen LogP contribution is -2.04. The summed E-state index contributed by atoms with van der Waals surface area (Å²) < 4.78 is 38.8. The molecule has 0 aromatic carbocycles. The molecule has 0 aliphatic rings. The van der Waals surface area contributed by atoms with Gasteiger partial charge in [-0.2, -0.15) is 13.2 Å². The lowest BCUT2D eigenvalue weighted by Gasteiger charge is -2.01. The van der Waals surface area contributed by atoms with Crippen molar-refractivity contribution in [3.8, 4) is 11.4 Å². The van der Waals surface area contributed by atoms with Gasteiger partial charge in [-0.1, -0.05) is 0 Å². The molecule has 0 atom stereocenters. The molecule has 2 rings (SSSR count). The van der Waals surface area contributed by atoms with Crippen molar-refractivity contribution >= 4 is 11.6 Å². The number of aryl methyl sites for hydroxylation is 1. The summed E-state index contributed by atoms with van der Waals surface area (Å²) in [5.41, 5.74) is 0.258. The van der Waals surface area contributed by atoms with Crippen LogP contribution in [-0.4, -0.2) is 14.5 Å². The number of hydrogen-bond acceptors (Lipinski definition) is 2. The van der Waals surface area contributed by atoms with E-state index < -0.39 is 11.9 Å². The van der Waals surface area contributed by atoms with Crippen molar-refractivity contribution in [3.63, 3.8) is 0 Å². The van der Waals surface area contributed by atoms with Gasteiger partial charge in [0.05, 0.1) is 11.6 Å². The van der Waals surface area contributed by atoms with Crippen LogP contribution >= 0.6 is 11.6 Å². The van der Waals surface area contributed by atoms with E-state index >= 15 is 0 Å². The molecule has 2 aromatic heterocycles. The van der Waals surface area contributed by atoms with Crippen LogP contribution in [0.5, 0.6) is 0 Å². The van der Waals surface area contributed by atoms with E-state index in [1.165, 1.54) is 17.8 Å². The molecule has 0 saturated carbocycles. The zero-order valence-corrected chi connectivity index (χ0v) is 10.1. The van der Waals surface area contributed by atoms with E-state index in [1.807, 2.05) is 0 Å². The highest BCUT2D eigenvalue weighted by Crippen LogP contribution is 2.30. The molecule has 7 heteroatoms. The summed E-state index contributed by atoms with van der Waals surface area (Å²) in [7, 11) is 1.51. The molecule has 3 nitrogen and oxygen atoms in total. The number of hydrogen-bond donors (Lipinski definition) is 0. The van der Waals surface area contributed by atoms with Gasteiger partial charge in [-0.05, 0) is 12.1 Å². The Balaban J connectivity index is 2.41. The Morgan fingerprint density at radius 2 is 2.06 bits per heavy atom. The third-order valence-electron chi connectivity index (χ3n) is 2.39. The van der Waals surface area contributed by atoms with Crippen molar-refractivity contribution < 1.29 is 13.2 Å². The van der Waals surface area contributed by atoms with Crippen LogP contribution in [0.15, 0.2) is 24.5 Å². The lowest BCUT2D eigenvalue weighted by molar-refractivity contribution is -0.140.